The monoisotopic (exact) mass is 418 g/mol. The molecule has 30 heavy (non-hydrogen) atoms. The summed E-state index contributed by atoms with van der Waals surface area (Å²) >= 11 is 0. The van der Waals surface area contributed by atoms with Crippen LogP contribution in [0.25, 0.3) is 0 Å². The molecule has 0 aliphatic rings. The van der Waals surface area contributed by atoms with Gasteiger partial charge in [0.05, 0.1) is 45.7 Å². The first-order valence-corrected chi connectivity index (χ1v) is 9.64. The predicted octanol–water partition coefficient (Wildman–Crippen LogP) is 3.15. The van der Waals surface area contributed by atoms with Crippen molar-refractivity contribution in [2.45, 2.75) is 27.3 Å². The number of carbonyl (C=O) groups excluding carboxylic acids is 2. The number of likely N-dealkylation sites (N-methyl/N-ethyl adjacent to an activating group) is 1. The number of aromatic amines is 1. The van der Waals surface area contributed by atoms with Crippen molar-refractivity contribution in [3.63, 3.8) is 0 Å². The van der Waals surface area contributed by atoms with Crippen LogP contribution in [0.4, 0.5) is 0 Å². The molecule has 0 spiro atoms. The van der Waals surface area contributed by atoms with Crippen LogP contribution in [0.15, 0.2) is 12.1 Å². The number of hydrogen-bond donors (Lipinski definition) is 1. The maximum absolute atomic E-state index is 12.9. The van der Waals surface area contributed by atoms with Gasteiger partial charge in [-0.25, -0.2) is 4.79 Å². The molecule has 2 rings (SSSR count). The van der Waals surface area contributed by atoms with E-state index in [2.05, 4.69) is 4.98 Å². The fraction of sp³-hybridized carbons (Fsp3) is 0.455. The second kappa shape index (κ2) is 10.2. The second-order valence-electron chi connectivity index (χ2n) is 6.93. The third kappa shape index (κ3) is 4.76. The van der Waals surface area contributed by atoms with E-state index in [-0.39, 0.29) is 18.9 Å². The van der Waals surface area contributed by atoms with E-state index in [9.17, 15) is 9.59 Å². The first kappa shape index (κ1) is 23.3. The molecule has 0 amide bonds. The number of H-pyrrole nitrogens is 1. The van der Waals surface area contributed by atoms with Gasteiger partial charge in [0.25, 0.3) is 0 Å². The number of nitrogens with one attached hydrogen (secondary N) is 1. The lowest BCUT2D eigenvalue weighted by Crippen LogP contribution is -2.26. The number of benzene rings is 1. The average molecular weight is 418 g/mol. The second-order valence-corrected chi connectivity index (χ2v) is 6.93. The number of aromatic nitrogens is 1. The van der Waals surface area contributed by atoms with Crippen LogP contribution in [0.1, 0.15) is 44.6 Å². The molecule has 0 saturated carbocycles. The van der Waals surface area contributed by atoms with Gasteiger partial charge in [-0.3, -0.25) is 9.69 Å². The van der Waals surface area contributed by atoms with E-state index in [4.69, 9.17) is 18.9 Å². The zero-order valence-corrected chi connectivity index (χ0v) is 18.7. The number of carbonyl (C=O) groups is 2. The summed E-state index contributed by atoms with van der Waals surface area (Å²) in [5, 5.41) is 0. The Labute approximate surface area is 177 Å². The third-order valence-corrected chi connectivity index (χ3v) is 4.84. The Bertz CT molecular complexity index is 919. The van der Waals surface area contributed by atoms with Gasteiger partial charge >= 0.3 is 5.97 Å². The molecule has 0 atom stereocenters. The summed E-state index contributed by atoms with van der Waals surface area (Å²) in [6.07, 6.45) is 0. The Morgan fingerprint density at radius 3 is 2.27 bits per heavy atom. The number of aryl methyl sites for hydroxylation is 1. The molecule has 0 aliphatic heterocycles. The molecule has 8 nitrogen and oxygen atoms in total. The van der Waals surface area contributed by atoms with Crippen LogP contribution in [-0.2, 0) is 11.3 Å². The minimum absolute atomic E-state index is 0.118. The van der Waals surface area contributed by atoms with Crippen molar-refractivity contribution in [2.24, 2.45) is 0 Å². The van der Waals surface area contributed by atoms with E-state index in [0.717, 1.165) is 5.56 Å². The lowest BCUT2D eigenvalue weighted by molar-refractivity contribution is 0.0525. The van der Waals surface area contributed by atoms with E-state index < -0.39 is 5.97 Å². The average Bonchev–Trinajstić information content (AvgIpc) is 3.01. The highest BCUT2D eigenvalue weighted by atomic mass is 16.5. The number of nitrogens with zero attached hydrogens (tertiary/aromatic N) is 1. The SMILES string of the molecule is CCOC(=O)c1c(C)[nH]c(C(=O)CN(C)Cc2ccc(OC)c(OC)c2OC)c1C. The fourth-order valence-electron chi connectivity index (χ4n) is 3.50. The van der Waals surface area contributed by atoms with Gasteiger partial charge in [0.15, 0.2) is 17.3 Å². The Kier molecular flexibility index (Phi) is 7.88. The van der Waals surface area contributed by atoms with Crippen LogP contribution in [0.3, 0.4) is 0 Å². The van der Waals surface area contributed by atoms with Crippen molar-refractivity contribution >= 4 is 11.8 Å². The molecule has 8 heteroatoms. The van der Waals surface area contributed by atoms with Crippen LogP contribution in [0.2, 0.25) is 0 Å². The van der Waals surface area contributed by atoms with Crippen molar-refractivity contribution in [3.05, 3.63) is 40.2 Å². The van der Waals surface area contributed by atoms with Crippen molar-refractivity contribution in [1.82, 2.24) is 9.88 Å². The van der Waals surface area contributed by atoms with Crippen LogP contribution < -0.4 is 14.2 Å². The van der Waals surface area contributed by atoms with Gasteiger partial charge in [-0.15, -0.1) is 0 Å². The summed E-state index contributed by atoms with van der Waals surface area (Å²) in [7, 11) is 6.52. The molecule has 0 fully saturated rings. The highest BCUT2D eigenvalue weighted by Gasteiger charge is 2.24. The van der Waals surface area contributed by atoms with Gasteiger partial charge in [0.2, 0.25) is 5.75 Å². The number of methoxy groups -OCH3 is 3. The maximum atomic E-state index is 12.9. The van der Waals surface area contributed by atoms with Crippen molar-refractivity contribution < 1.29 is 28.5 Å². The number of ketones is 1. The topological polar surface area (TPSA) is 90.1 Å². The Hall–Kier alpha value is -3.00. The normalized spacial score (nSPS) is 10.8. The fourth-order valence-corrected chi connectivity index (χ4v) is 3.50. The largest absolute Gasteiger partial charge is 0.493 e. The summed E-state index contributed by atoms with van der Waals surface area (Å²) in [6, 6.07) is 3.68. The molecule has 0 saturated heterocycles. The predicted molar refractivity (Wildman–Crippen MR) is 113 cm³/mol. The minimum atomic E-state index is -0.425. The molecular formula is C22H30N2O6. The van der Waals surface area contributed by atoms with Crippen molar-refractivity contribution in [2.75, 3.05) is 41.5 Å². The molecule has 0 radical (unpaired) electrons. The highest BCUT2D eigenvalue weighted by Crippen LogP contribution is 2.40. The molecular weight excluding hydrogens is 388 g/mol. The van der Waals surface area contributed by atoms with Crippen molar-refractivity contribution in [1.29, 1.82) is 0 Å². The maximum Gasteiger partial charge on any atom is 0.340 e. The van der Waals surface area contributed by atoms with Gasteiger partial charge in [0.1, 0.15) is 0 Å². The summed E-state index contributed by atoms with van der Waals surface area (Å²) in [6.45, 7) is 6.15. The van der Waals surface area contributed by atoms with Gasteiger partial charge in [0, 0.05) is 17.8 Å². The quantitative estimate of drug-likeness (QED) is 0.468. The summed E-state index contributed by atoms with van der Waals surface area (Å²) < 4.78 is 21.3. The van der Waals surface area contributed by atoms with E-state index >= 15 is 0 Å². The summed E-state index contributed by atoms with van der Waals surface area (Å²) in [5.74, 6) is 1.10. The number of rotatable bonds is 10. The van der Waals surface area contributed by atoms with Gasteiger partial charge < -0.3 is 23.9 Å². The number of hydrogen-bond acceptors (Lipinski definition) is 7. The molecule has 1 N–H and O–H groups in total. The van der Waals surface area contributed by atoms with Gasteiger partial charge in [-0.05, 0) is 39.4 Å². The Morgan fingerprint density at radius 1 is 1.03 bits per heavy atom. The molecule has 0 bridgehead atoms. The summed E-state index contributed by atoms with van der Waals surface area (Å²) in [5.41, 5.74) is 2.93. The molecule has 1 heterocycles. The van der Waals surface area contributed by atoms with Gasteiger partial charge in [-0.1, -0.05) is 6.07 Å². The van der Waals surface area contributed by atoms with Crippen LogP contribution in [0, 0.1) is 13.8 Å². The zero-order valence-electron chi connectivity index (χ0n) is 18.7. The Balaban J connectivity index is 2.20. The van der Waals surface area contributed by atoms with E-state index in [0.29, 0.717) is 46.3 Å². The lowest BCUT2D eigenvalue weighted by Gasteiger charge is -2.20. The highest BCUT2D eigenvalue weighted by molar-refractivity contribution is 6.02. The van der Waals surface area contributed by atoms with Gasteiger partial charge in [-0.2, -0.15) is 0 Å². The third-order valence-electron chi connectivity index (χ3n) is 4.84. The number of Topliss-reactive ketones (excluding diaryl/α,β-unsaturated/α-hetero) is 1. The zero-order chi connectivity index (χ0) is 22.4. The summed E-state index contributed by atoms with van der Waals surface area (Å²) in [4.78, 5) is 30.0. The number of esters is 1. The standard InChI is InChI=1S/C22H30N2O6/c1-8-30-22(26)18-13(2)19(23-14(18)3)16(25)12-24(4)11-15-9-10-17(27-5)21(29-7)20(15)28-6/h9-10,23H,8,11-12H2,1-7H3. The van der Waals surface area contributed by atoms with E-state index in [1.54, 1.807) is 48.2 Å². The smallest absolute Gasteiger partial charge is 0.340 e. The van der Waals surface area contributed by atoms with E-state index in [1.807, 2.05) is 18.0 Å². The van der Waals surface area contributed by atoms with Crippen molar-refractivity contribution in [3.8, 4) is 17.2 Å². The molecule has 1 aromatic carbocycles. The molecule has 1 aromatic heterocycles. The lowest BCUT2D eigenvalue weighted by atomic mass is 10.1. The minimum Gasteiger partial charge on any atom is -0.493 e. The van der Waals surface area contributed by atoms with E-state index in [1.165, 1.54) is 0 Å². The molecule has 164 valence electrons. The first-order valence-electron chi connectivity index (χ1n) is 9.64. The molecule has 0 aliphatic carbocycles. The van der Waals surface area contributed by atoms with Crippen LogP contribution >= 0.6 is 0 Å². The van der Waals surface area contributed by atoms with Crippen LogP contribution in [-0.4, -0.2) is 63.2 Å². The molecule has 2 aromatic rings. The first-order chi connectivity index (χ1) is 14.3. The number of ether oxygens (including phenoxy) is 4. The Morgan fingerprint density at radius 2 is 1.70 bits per heavy atom. The molecule has 0 unspecified atom stereocenters. The van der Waals surface area contributed by atoms with Crippen LogP contribution in [0.5, 0.6) is 17.2 Å².